The Morgan fingerprint density at radius 3 is 2.28 bits per heavy atom. The summed E-state index contributed by atoms with van der Waals surface area (Å²) in [5, 5.41) is 0. The summed E-state index contributed by atoms with van der Waals surface area (Å²) >= 11 is 0. The first-order valence-corrected chi connectivity index (χ1v) is 11.5. The molecule has 0 aliphatic heterocycles. The number of amides is 1. The first-order chi connectivity index (χ1) is 15.2. The van der Waals surface area contributed by atoms with Crippen LogP contribution in [-0.4, -0.2) is 51.3 Å². The minimum Gasteiger partial charge on any atom is -0.468 e. The zero-order valence-electron chi connectivity index (χ0n) is 18.0. The zero-order chi connectivity index (χ0) is 23.1. The second-order valence-electron chi connectivity index (χ2n) is 7.58. The highest BCUT2D eigenvalue weighted by Crippen LogP contribution is 2.15. The van der Waals surface area contributed by atoms with Crippen LogP contribution in [-0.2, 0) is 23.1 Å². The SMILES string of the molecule is CN(C)CCN(Cc1ccc(F)cc1)C(=O)c1ccc(S(=O)(=O)NCc2ccco2)cc1. The molecular formula is C23H26FN3O4S. The molecule has 3 aromatic rings. The summed E-state index contributed by atoms with van der Waals surface area (Å²) < 4.78 is 45.8. The monoisotopic (exact) mass is 459 g/mol. The van der Waals surface area contributed by atoms with Crippen LogP contribution in [0.2, 0.25) is 0 Å². The lowest BCUT2D eigenvalue weighted by Crippen LogP contribution is -2.36. The van der Waals surface area contributed by atoms with Gasteiger partial charge in [0.1, 0.15) is 11.6 Å². The van der Waals surface area contributed by atoms with Gasteiger partial charge in [-0.1, -0.05) is 12.1 Å². The quantitative estimate of drug-likeness (QED) is 0.504. The summed E-state index contributed by atoms with van der Waals surface area (Å²) in [4.78, 5) is 16.8. The average molecular weight is 460 g/mol. The highest BCUT2D eigenvalue weighted by Gasteiger charge is 2.19. The second-order valence-corrected chi connectivity index (χ2v) is 9.35. The molecule has 0 saturated carbocycles. The smallest absolute Gasteiger partial charge is 0.254 e. The van der Waals surface area contributed by atoms with Crippen LogP contribution >= 0.6 is 0 Å². The Morgan fingerprint density at radius 1 is 1.00 bits per heavy atom. The van der Waals surface area contributed by atoms with Crippen molar-refractivity contribution in [3.63, 3.8) is 0 Å². The van der Waals surface area contributed by atoms with Crippen molar-refractivity contribution in [3.8, 4) is 0 Å². The summed E-state index contributed by atoms with van der Waals surface area (Å²) in [6.07, 6.45) is 1.47. The van der Waals surface area contributed by atoms with Gasteiger partial charge in [-0.3, -0.25) is 4.79 Å². The molecule has 0 radical (unpaired) electrons. The molecule has 0 atom stereocenters. The van der Waals surface area contributed by atoms with Gasteiger partial charge in [0, 0.05) is 25.2 Å². The van der Waals surface area contributed by atoms with Crippen LogP contribution in [0.25, 0.3) is 0 Å². The van der Waals surface area contributed by atoms with Gasteiger partial charge in [0.05, 0.1) is 17.7 Å². The molecule has 32 heavy (non-hydrogen) atoms. The number of carbonyl (C=O) groups excluding carboxylic acids is 1. The van der Waals surface area contributed by atoms with Crippen molar-refractivity contribution in [1.29, 1.82) is 0 Å². The molecule has 0 bridgehead atoms. The van der Waals surface area contributed by atoms with Gasteiger partial charge in [-0.25, -0.2) is 17.5 Å². The fourth-order valence-corrected chi connectivity index (χ4v) is 4.00. The van der Waals surface area contributed by atoms with Gasteiger partial charge in [0.2, 0.25) is 10.0 Å². The van der Waals surface area contributed by atoms with Crippen molar-refractivity contribution >= 4 is 15.9 Å². The van der Waals surface area contributed by atoms with E-state index in [4.69, 9.17) is 4.42 Å². The molecule has 3 rings (SSSR count). The molecule has 170 valence electrons. The van der Waals surface area contributed by atoms with E-state index in [9.17, 15) is 17.6 Å². The molecule has 0 spiro atoms. The second kappa shape index (κ2) is 10.5. The summed E-state index contributed by atoms with van der Waals surface area (Å²) in [6.45, 7) is 1.47. The van der Waals surface area contributed by atoms with Crippen molar-refractivity contribution in [3.05, 3.63) is 89.6 Å². The van der Waals surface area contributed by atoms with E-state index >= 15 is 0 Å². The van der Waals surface area contributed by atoms with E-state index in [1.807, 2.05) is 19.0 Å². The van der Waals surface area contributed by atoms with E-state index < -0.39 is 10.0 Å². The Hall–Kier alpha value is -3.01. The molecule has 0 aliphatic carbocycles. The maximum absolute atomic E-state index is 13.2. The molecular weight excluding hydrogens is 433 g/mol. The van der Waals surface area contributed by atoms with Gasteiger partial charge in [-0.05, 0) is 68.2 Å². The minimum atomic E-state index is -3.75. The van der Waals surface area contributed by atoms with Crippen LogP contribution in [0.4, 0.5) is 4.39 Å². The summed E-state index contributed by atoms with van der Waals surface area (Å²) in [7, 11) is 0.0750. The maximum atomic E-state index is 13.2. The summed E-state index contributed by atoms with van der Waals surface area (Å²) in [5.41, 5.74) is 1.18. The third kappa shape index (κ3) is 6.49. The van der Waals surface area contributed by atoms with Crippen molar-refractivity contribution < 1.29 is 22.0 Å². The first-order valence-electron chi connectivity index (χ1n) is 10.0. The van der Waals surface area contributed by atoms with E-state index in [2.05, 4.69) is 4.72 Å². The first kappa shape index (κ1) is 23.6. The van der Waals surface area contributed by atoms with E-state index in [1.54, 1.807) is 29.2 Å². The Morgan fingerprint density at radius 2 is 1.69 bits per heavy atom. The molecule has 1 aromatic heterocycles. The van der Waals surface area contributed by atoms with E-state index in [0.717, 1.165) is 5.56 Å². The molecule has 0 saturated heterocycles. The number of nitrogens with one attached hydrogen (secondary N) is 1. The van der Waals surface area contributed by atoms with Crippen LogP contribution in [0.15, 0.2) is 76.2 Å². The lowest BCUT2D eigenvalue weighted by Gasteiger charge is -2.25. The number of carbonyl (C=O) groups is 1. The molecule has 0 unspecified atom stereocenters. The maximum Gasteiger partial charge on any atom is 0.254 e. The summed E-state index contributed by atoms with van der Waals surface area (Å²) in [6, 6.07) is 15.2. The molecule has 1 amide bonds. The summed E-state index contributed by atoms with van der Waals surface area (Å²) in [5.74, 6) is -0.0706. The Bertz CT molecular complexity index is 1110. The fourth-order valence-electron chi connectivity index (χ4n) is 3.01. The Kier molecular flexibility index (Phi) is 7.79. The van der Waals surface area contributed by atoms with Gasteiger partial charge >= 0.3 is 0 Å². The van der Waals surface area contributed by atoms with E-state index in [1.165, 1.54) is 42.7 Å². The Labute approximate surface area is 187 Å². The molecule has 1 N–H and O–H groups in total. The fraction of sp³-hybridized carbons (Fsp3) is 0.261. The van der Waals surface area contributed by atoms with Gasteiger partial charge < -0.3 is 14.2 Å². The van der Waals surface area contributed by atoms with Gasteiger partial charge in [0.15, 0.2) is 0 Å². The number of hydrogen-bond donors (Lipinski definition) is 1. The molecule has 0 fully saturated rings. The van der Waals surface area contributed by atoms with Crippen LogP contribution in [0, 0.1) is 5.82 Å². The lowest BCUT2D eigenvalue weighted by molar-refractivity contribution is 0.0732. The van der Waals surface area contributed by atoms with Crippen LogP contribution in [0.3, 0.4) is 0 Å². The van der Waals surface area contributed by atoms with Crippen LogP contribution in [0.1, 0.15) is 21.7 Å². The van der Waals surface area contributed by atoms with Gasteiger partial charge in [-0.2, -0.15) is 0 Å². The van der Waals surface area contributed by atoms with Crippen LogP contribution in [0.5, 0.6) is 0 Å². The minimum absolute atomic E-state index is 0.0337. The number of hydrogen-bond acceptors (Lipinski definition) is 5. The number of halogens is 1. The number of sulfonamides is 1. The van der Waals surface area contributed by atoms with Crippen molar-refractivity contribution in [2.75, 3.05) is 27.2 Å². The largest absolute Gasteiger partial charge is 0.468 e. The number of rotatable bonds is 10. The van der Waals surface area contributed by atoms with E-state index in [0.29, 0.717) is 31.0 Å². The Balaban J connectivity index is 1.73. The molecule has 7 nitrogen and oxygen atoms in total. The molecule has 0 aliphatic rings. The normalized spacial score (nSPS) is 11.6. The molecule has 2 aromatic carbocycles. The highest BCUT2D eigenvalue weighted by molar-refractivity contribution is 7.89. The lowest BCUT2D eigenvalue weighted by atomic mass is 10.1. The predicted molar refractivity (Wildman–Crippen MR) is 119 cm³/mol. The number of nitrogens with zero attached hydrogens (tertiary/aromatic N) is 2. The number of benzene rings is 2. The van der Waals surface area contributed by atoms with Gasteiger partial charge in [-0.15, -0.1) is 0 Å². The van der Waals surface area contributed by atoms with Crippen molar-refractivity contribution in [2.45, 2.75) is 18.0 Å². The van der Waals surface area contributed by atoms with Crippen LogP contribution < -0.4 is 4.72 Å². The molecule has 9 heteroatoms. The van der Waals surface area contributed by atoms with E-state index in [-0.39, 0.29) is 23.2 Å². The highest BCUT2D eigenvalue weighted by atomic mass is 32.2. The number of furan rings is 1. The molecule has 1 heterocycles. The topological polar surface area (TPSA) is 82.9 Å². The van der Waals surface area contributed by atoms with Gasteiger partial charge in [0.25, 0.3) is 5.91 Å². The zero-order valence-corrected chi connectivity index (χ0v) is 18.8. The van der Waals surface area contributed by atoms with Crippen molar-refractivity contribution in [1.82, 2.24) is 14.5 Å². The predicted octanol–water partition coefficient (Wildman–Crippen LogP) is 3.10. The third-order valence-corrected chi connectivity index (χ3v) is 6.24. The average Bonchev–Trinajstić information content (AvgIpc) is 3.30. The van der Waals surface area contributed by atoms with Crippen molar-refractivity contribution in [2.24, 2.45) is 0 Å². The third-order valence-electron chi connectivity index (χ3n) is 4.82. The standard InChI is InChI=1S/C23H26FN3O4S/c1-26(2)13-14-27(17-18-5-9-20(24)10-6-18)23(28)19-7-11-22(12-8-19)32(29,30)25-16-21-4-3-15-31-21/h3-12,15,25H,13-14,16-17H2,1-2H3. The number of likely N-dealkylation sites (N-methyl/N-ethyl adjacent to an activating group) is 1.